The first-order valence-electron chi connectivity index (χ1n) is 9.39. The molecule has 0 aromatic heterocycles. The molecular weight excluding hydrogens is 434 g/mol. The molecule has 0 N–H and O–H groups in total. The van der Waals surface area contributed by atoms with Crippen molar-refractivity contribution in [2.45, 2.75) is 6.92 Å². The Morgan fingerprint density at radius 1 is 1.00 bits per heavy atom. The maximum atomic E-state index is 13.2. The summed E-state index contributed by atoms with van der Waals surface area (Å²) in [5, 5.41) is 0.356. The SMILES string of the molecule is CCOc1c(Cl)cc(C(=O)N2CCN(C(=O)c3ccc(F)cc3Cl)CC2)cc1OC. The Morgan fingerprint density at radius 2 is 1.63 bits per heavy atom. The first-order chi connectivity index (χ1) is 14.3. The number of hydrogen-bond acceptors (Lipinski definition) is 4. The molecule has 0 aliphatic carbocycles. The fourth-order valence-electron chi connectivity index (χ4n) is 3.26. The van der Waals surface area contributed by atoms with Crippen molar-refractivity contribution in [2.24, 2.45) is 0 Å². The molecule has 0 bridgehead atoms. The average molecular weight is 455 g/mol. The predicted molar refractivity (Wildman–Crippen MR) is 112 cm³/mol. The second kappa shape index (κ2) is 9.53. The topological polar surface area (TPSA) is 59.1 Å². The molecule has 1 aliphatic rings. The molecule has 30 heavy (non-hydrogen) atoms. The molecule has 1 saturated heterocycles. The quantitative estimate of drug-likeness (QED) is 0.680. The number of amides is 2. The van der Waals surface area contributed by atoms with Crippen LogP contribution in [0.2, 0.25) is 10.0 Å². The summed E-state index contributed by atoms with van der Waals surface area (Å²) in [6.07, 6.45) is 0. The Morgan fingerprint density at radius 3 is 2.20 bits per heavy atom. The van der Waals surface area contributed by atoms with Gasteiger partial charge < -0.3 is 19.3 Å². The van der Waals surface area contributed by atoms with E-state index in [0.29, 0.717) is 54.9 Å². The summed E-state index contributed by atoms with van der Waals surface area (Å²) >= 11 is 12.3. The summed E-state index contributed by atoms with van der Waals surface area (Å²) < 4.78 is 24.0. The minimum atomic E-state index is -0.503. The number of nitrogens with zero attached hydrogens (tertiary/aromatic N) is 2. The molecule has 9 heteroatoms. The van der Waals surface area contributed by atoms with Crippen molar-refractivity contribution in [1.82, 2.24) is 9.80 Å². The van der Waals surface area contributed by atoms with Gasteiger partial charge in [-0.3, -0.25) is 9.59 Å². The van der Waals surface area contributed by atoms with Gasteiger partial charge in [-0.1, -0.05) is 23.2 Å². The molecule has 2 aromatic rings. The number of piperazine rings is 1. The van der Waals surface area contributed by atoms with Gasteiger partial charge in [0, 0.05) is 31.7 Å². The highest BCUT2D eigenvalue weighted by Crippen LogP contribution is 2.36. The maximum absolute atomic E-state index is 13.2. The van der Waals surface area contributed by atoms with Crippen LogP contribution in [0.4, 0.5) is 4.39 Å². The van der Waals surface area contributed by atoms with Crippen molar-refractivity contribution in [2.75, 3.05) is 39.9 Å². The van der Waals surface area contributed by atoms with Crippen LogP contribution in [0.1, 0.15) is 27.6 Å². The fourth-order valence-corrected chi connectivity index (χ4v) is 3.77. The number of ether oxygens (including phenoxy) is 2. The number of rotatable bonds is 5. The molecule has 0 radical (unpaired) electrons. The van der Waals surface area contributed by atoms with E-state index in [9.17, 15) is 14.0 Å². The van der Waals surface area contributed by atoms with Gasteiger partial charge in [-0.05, 0) is 37.3 Å². The van der Waals surface area contributed by atoms with Crippen LogP contribution in [0.15, 0.2) is 30.3 Å². The van der Waals surface area contributed by atoms with Crippen LogP contribution in [0.3, 0.4) is 0 Å². The zero-order chi connectivity index (χ0) is 21.8. The monoisotopic (exact) mass is 454 g/mol. The molecule has 0 saturated carbocycles. The van der Waals surface area contributed by atoms with Gasteiger partial charge in [0.05, 0.1) is 29.3 Å². The smallest absolute Gasteiger partial charge is 0.255 e. The average Bonchev–Trinajstić information content (AvgIpc) is 2.74. The number of hydrogen-bond donors (Lipinski definition) is 0. The summed E-state index contributed by atoms with van der Waals surface area (Å²) in [6, 6.07) is 6.81. The number of benzene rings is 2. The molecule has 1 fully saturated rings. The third kappa shape index (κ3) is 4.63. The van der Waals surface area contributed by atoms with Crippen molar-refractivity contribution in [1.29, 1.82) is 0 Å². The van der Waals surface area contributed by atoms with Crippen LogP contribution >= 0.6 is 23.2 Å². The van der Waals surface area contributed by atoms with Crippen LogP contribution in [0.5, 0.6) is 11.5 Å². The van der Waals surface area contributed by atoms with Gasteiger partial charge in [-0.15, -0.1) is 0 Å². The molecule has 2 aromatic carbocycles. The van der Waals surface area contributed by atoms with E-state index in [0.717, 1.165) is 6.07 Å². The predicted octanol–water partition coefficient (Wildman–Crippen LogP) is 4.14. The van der Waals surface area contributed by atoms with E-state index >= 15 is 0 Å². The highest BCUT2D eigenvalue weighted by molar-refractivity contribution is 6.34. The largest absolute Gasteiger partial charge is 0.493 e. The lowest BCUT2D eigenvalue weighted by Crippen LogP contribution is -2.50. The minimum absolute atomic E-state index is 0.0645. The summed E-state index contributed by atoms with van der Waals surface area (Å²) in [6.45, 7) is 3.60. The Hall–Kier alpha value is -2.51. The van der Waals surface area contributed by atoms with Crippen LogP contribution < -0.4 is 9.47 Å². The molecule has 0 atom stereocenters. The van der Waals surface area contributed by atoms with E-state index in [-0.39, 0.29) is 22.4 Å². The van der Waals surface area contributed by atoms with E-state index < -0.39 is 5.82 Å². The summed E-state index contributed by atoms with van der Waals surface area (Å²) in [5.41, 5.74) is 0.613. The highest BCUT2D eigenvalue weighted by Gasteiger charge is 2.27. The molecule has 1 heterocycles. The third-order valence-electron chi connectivity index (χ3n) is 4.78. The van der Waals surface area contributed by atoms with Crippen molar-refractivity contribution in [3.05, 3.63) is 57.3 Å². The normalized spacial score (nSPS) is 13.9. The lowest BCUT2D eigenvalue weighted by Gasteiger charge is -2.35. The van der Waals surface area contributed by atoms with Crippen LogP contribution in [0.25, 0.3) is 0 Å². The van der Waals surface area contributed by atoms with Gasteiger partial charge in [-0.25, -0.2) is 4.39 Å². The Bertz CT molecular complexity index is 962. The second-order valence-electron chi connectivity index (χ2n) is 6.63. The van der Waals surface area contributed by atoms with E-state index in [1.165, 1.54) is 19.2 Å². The van der Waals surface area contributed by atoms with Gasteiger partial charge in [0.1, 0.15) is 5.82 Å². The Balaban J connectivity index is 1.69. The van der Waals surface area contributed by atoms with Crippen LogP contribution in [-0.2, 0) is 0 Å². The third-order valence-corrected chi connectivity index (χ3v) is 5.37. The van der Waals surface area contributed by atoms with Crippen LogP contribution in [0, 0.1) is 5.82 Å². The molecule has 3 rings (SSSR count). The number of halogens is 3. The van der Waals surface area contributed by atoms with E-state index in [1.807, 2.05) is 6.92 Å². The first kappa shape index (κ1) is 22.2. The Kier molecular flexibility index (Phi) is 7.05. The zero-order valence-electron chi connectivity index (χ0n) is 16.6. The van der Waals surface area contributed by atoms with Crippen molar-refractivity contribution in [3.8, 4) is 11.5 Å². The molecular formula is C21H21Cl2FN2O4. The van der Waals surface area contributed by atoms with E-state index in [2.05, 4.69) is 0 Å². The van der Waals surface area contributed by atoms with Gasteiger partial charge in [0.25, 0.3) is 11.8 Å². The fraction of sp³-hybridized carbons (Fsp3) is 0.333. The zero-order valence-corrected chi connectivity index (χ0v) is 18.1. The van der Waals surface area contributed by atoms with Gasteiger partial charge in [0.2, 0.25) is 0 Å². The highest BCUT2D eigenvalue weighted by atomic mass is 35.5. The minimum Gasteiger partial charge on any atom is -0.493 e. The van der Waals surface area contributed by atoms with Gasteiger partial charge in [0.15, 0.2) is 11.5 Å². The molecule has 6 nitrogen and oxygen atoms in total. The second-order valence-corrected chi connectivity index (χ2v) is 7.45. The number of carbonyl (C=O) groups is 2. The summed E-state index contributed by atoms with van der Waals surface area (Å²) in [7, 11) is 1.48. The lowest BCUT2D eigenvalue weighted by atomic mass is 10.1. The molecule has 2 amide bonds. The Labute approximate surface area is 184 Å². The van der Waals surface area contributed by atoms with E-state index in [4.69, 9.17) is 32.7 Å². The van der Waals surface area contributed by atoms with Crippen molar-refractivity contribution >= 4 is 35.0 Å². The molecule has 1 aliphatic heterocycles. The first-order valence-corrected chi connectivity index (χ1v) is 10.1. The van der Waals surface area contributed by atoms with Crippen LogP contribution in [-0.4, -0.2) is 61.5 Å². The van der Waals surface area contributed by atoms with Crippen molar-refractivity contribution < 1.29 is 23.5 Å². The molecule has 0 spiro atoms. The molecule has 0 unspecified atom stereocenters. The molecule has 160 valence electrons. The number of carbonyl (C=O) groups excluding carboxylic acids is 2. The number of methoxy groups -OCH3 is 1. The van der Waals surface area contributed by atoms with Gasteiger partial charge in [-0.2, -0.15) is 0 Å². The standard InChI is InChI=1S/C21H21Cl2FN2O4/c1-3-30-19-17(23)10-13(11-18(19)29-2)20(27)25-6-8-26(9-7-25)21(28)15-5-4-14(24)12-16(15)22/h4-5,10-12H,3,6-9H2,1-2H3. The van der Waals surface area contributed by atoms with Crippen molar-refractivity contribution in [3.63, 3.8) is 0 Å². The summed E-state index contributed by atoms with van der Waals surface area (Å²) in [5.74, 6) is -0.239. The maximum Gasteiger partial charge on any atom is 0.255 e. The van der Waals surface area contributed by atoms with Gasteiger partial charge >= 0.3 is 0 Å². The lowest BCUT2D eigenvalue weighted by molar-refractivity contribution is 0.0535. The summed E-state index contributed by atoms with van der Waals surface area (Å²) in [4.78, 5) is 28.8. The van der Waals surface area contributed by atoms with E-state index in [1.54, 1.807) is 21.9 Å².